The minimum absolute atomic E-state index is 0. The first-order valence-corrected chi connectivity index (χ1v) is 5.72. The highest BCUT2D eigenvalue weighted by molar-refractivity contribution is 9.10. The third-order valence-corrected chi connectivity index (χ3v) is 3.22. The predicted molar refractivity (Wildman–Crippen MR) is 68.2 cm³/mol. The van der Waals surface area contributed by atoms with E-state index in [1.165, 1.54) is 0 Å². The van der Waals surface area contributed by atoms with Crippen LogP contribution in [0.25, 0.3) is 0 Å². The van der Waals surface area contributed by atoms with E-state index in [0.29, 0.717) is 11.6 Å². The molecule has 1 N–H and O–H groups in total. The Labute approximate surface area is 113 Å². The number of ether oxygens (including phenoxy) is 1. The largest absolute Gasteiger partial charge is 0.449 e. The fourth-order valence-corrected chi connectivity index (χ4v) is 2.24. The standard InChI is InChI=1S/C10H9BrClNO2.ClH/c11-8-2-1-6(12)5-7(8)9-3-4-15-10(14)13-9;/h1-2,5,9H,3-4H2,(H,13,14);1H/t9-;/m0./s1. The number of amides is 1. The molecule has 6 heteroatoms. The van der Waals surface area contributed by atoms with E-state index in [2.05, 4.69) is 21.2 Å². The van der Waals surface area contributed by atoms with Crippen LogP contribution in [0.4, 0.5) is 4.79 Å². The van der Waals surface area contributed by atoms with Crippen LogP contribution in [-0.2, 0) is 4.74 Å². The number of benzene rings is 1. The Morgan fingerprint density at radius 1 is 1.50 bits per heavy atom. The smallest absolute Gasteiger partial charge is 0.407 e. The zero-order valence-electron chi connectivity index (χ0n) is 8.20. The predicted octanol–water partition coefficient (Wildman–Crippen LogP) is 3.70. The van der Waals surface area contributed by atoms with Gasteiger partial charge in [-0.15, -0.1) is 12.4 Å². The van der Waals surface area contributed by atoms with Gasteiger partial charge in [-0.25, -0.2) is 4.79 Å². The van der Waals surface area contributed by atoms with E-state index in [4.69, 9.17) is 16.3 Å². The zero-order valence-corrected chi connectivity index (χ0v) is 11.4. The molecule has 1 heterocycles. The van der Waals surface area contributed by atoms with E-state index in [0.717, 1.165) is 16.5 Å². The number of alkyl carbamates (subject to hydrolysis) is 1. The third-order valence-electron chi connectivity index (χ3n) is 2.27. The second-order valence-electron chi connectivity index (χ2n) is 3.29. The fraction of sp³-hybridized carbons (Fsp3) is 0.300. The first-order chi connectivity index (χ1) is 7.16. The Bertz CT molecular complexity index is 400. The van der Waals surface area contributed by atoms with Crippen molar-refractivity contribution in [1.29, 1.82) is 0 Å². The number of cyclic esters (lactones) is 1. The summed E-state index contributed by atoms with van der Waals surface area (Å²) in [4.78, 5) is 11.1. The average molecular weight is 327 g/mol. The Hall–Kier alpha value is -0.450. The van der Waals surface area contributed by atoms with Crippen LogP contribution < -0.4 is 5.32 Å². The number of halogens is 3. The lowest BCUT2D eigenvalue weighted by Gasteiger charge is -2.24. The molecule has 1 amide bonds. The van der Waals surface area contributed by atoms with Crippen molar-refractivity contribution in [2.24, 2.45) is 0 Å². The summed E-state index contributed by atoms with van der Waals surface area (Å²) >= 11 is 9.34. The van der Waals surface area contributed by atoms with Crippen LogP contribution in [0, 0.1) is 0 Å². The molecule has 0 aliphatic carbocycles. The number of hydrogen-bond acceptors (Lipinski definition) is 2. The van der Waals surface area contributed by atoms with Crippen LogP contribution in [0.1, 0.15) is 18.0 Å². The molecule has 1 aliphatic heterocycles. The summed E-state index contributed by atoms with van der Waals surface area (Å²) in [6.45, 7) is 0.440. The van der Waals surface area contributed by atoms with Gasteiger partial charge in [0.2, 0.25) is 0 Å². The Morgan fingerprint density at radius 3 is 2.94 bits per heavy atom. The fourth-order valence-electron chi connectivity index (χ4n) is 1.54. The van der Waals surface area contributed by atoms with Crippen molar-refractivity contribution in [3.05, 3.63) is 33.3 Å². The van der Waals surface area contributed by atoms with Crippen LogP contribution in [0.5, 0.6) is 0 Å². The van der Waals surface area contributed by atoms with E-state index < -0.39 is 0 Å². The highest BCUT2D eigenvalue weighted by atomic mass is 79.9. The van der Waals surface area contributed by atoms with Gasteiger partial charge in [-0.3, -0.25) is 0 Å². The average Bonchev–Trinajstić information content (AvgIpc) is 2.22. The zero-order chi connectivity index (χ0) is 10.8. The van der Waals surface area contributed by atoms with Crippen LogP contribution in [0.15, 0.2) is 22.7 Å². The van der Waals surface area contributed by atoms with Crippen LogP contribution in [0.2, 0.25) is 5.02 Å². The van der Waals surface area contributed by atoms with E-state index in [-0.39, 0.29) is 24.5 Å². The molecule has 1 aliphatic rings. The van der Waals surface area contributed by atoms with Gasteiger partial charge in [0.15, 0.2) is 0 Å². The van der Waals surface area contributed by atoms with Crippen molar-refractivity contribution in [1.82, 2.24) is 5.32 Å². The first kappa shape index (κ1) is 13.6. The second kappa shape index (κ2) is 5.75. The normalized spacial score (nSPS) is 19.4. The van der Waals surface area contributed by atoms with E-state index in [9.17, 15) is 4.79 Å². The van der Waals surface area contributed by atoms with Crippen molar-refractivity contribution in [2.45, 2.75) is 12.5 Å². The molecular formula is C10H10BrCl2NO2. The topological polar surface area (TPSA) is 38.3 Å². The Morgan fingerprint density at radius 2 is 2.25 bits per heavy atom. The number of carbonyl (C=O) groups is 1. The monoisotopic (exact) mass is 325 g/mol. The molecule has 0 radical (unpaired) electrons. The van der Waals surface area contributed by atoms with Crippen molar-refractivity contribution in [3.8, 4) is 0 Å². The highest BCUT2D eigenvalue weighted by Crippen LogP contribution is 2.29. The molecule has 3 nitrogen and oxygen atoms in total. The quantitative estimate of drug-likeness (QED) is 0.854. The molecule has 0 aromatic heterocycles. The molecule has 1 fully saturated rings. The van der Waals surface area contributed by atoms with E-state index in [1.54, 1.807) is 6.07 Å². The molecule has 16 heavy (non-hydrogen) atoms. The minimum atomic E-state index is -0.377. The molecule has 0 saturated carbocycles. The third kappa shape index (κ3) is 3.03. The summed E-state index contributed by atoms with van der Waals surface area (Å²) in [5, 5.41) is 3.41. The summed E-state index contributed by atoms with van der Waals surface area (Å²) in [6, 6.07) is 5.50. The lowest BCUT2D eigenvalue weighted by atomic mass is 10.0. The molecule has 88 valence electrons. The van der Waals surface area contributed by atoms with Gasteiger partial charge in [-0.2, -0.15) is 0 Å². The number of rotatable bonds is 1. The maximum absolute atomic E-state index is 11.1. The van der Waals surface area contributed by atoms with Crippen molar-refractivity contribution in [2.75, 3.05) is 6.61 Å². The van der Waals surface area contributed by atoms with Gasteiger partial charge in [0.05, 0.1) is 12.6 Å². The summed E-state index contributed by atoms with van der Waals surface area (Å²) in [5.41, 5.74) is 0.985. The molecule has 1 atom stereocenters. The Balaban J connectivity index is 0.00000128. The maximum Gasteiger partial charge on any atom is 0.407 e. The van der Waals surface area contributed by atoms with Crippen molar-refractivity contribution in [3.63, 3.8) is 0 Å². The molecule has 0 unspecified atom stereocenters. The van der Waals surface area contributed by atoms with Gasteiger partial charge in [0.25, 0.3) is 0 Å². The van der Waals surface area contributed by atoms with Gasteiger partial charge >= 0.3 is 6.09 Å². The van der Waals surface area contributed by atoms with Gasteiger partial charge < -0.3 is 10.1 Å². The summed E-state index contributed by atoms with van der Waals surface area (Å²) in [7, 11) is 0. The summed E-state index contributed by atoms with van der Waals surface area (Å²) < 4.78 is 5.74. The summed E-state index contributed by atoms with van der Waals surface area (Å²) in [6.07, 6.45) is 0.378. The lowest BCUT2D eigenvalue weighted by Crippen LogP contribution is -2.35. The highest BCUT2D eigenvalue weighted by Gasteiger charge is 2.22. The van der Waals surface area contributed by atoms with Crippen LogP contribution >= 0.6 is 39.9 Å². The SMILES string of the molecule is Cl.O=C1N[C@H](c2cc(Cl)ccc2Br)CCO1. The number of carbonyl (C=O) groups excluding carboxylic acids is 1. The van der Waals surface area contributed by atoms with Gasteiger partial charge in [0, 0.05) is 15.9 Å². The van der Waals surface area contributed by atoms with Crippen LogP contribution in [-0.4, -0.2) is 12.7 Å². The first-order valence-electron chi connectivity index (χ1n) is 4.55. The summed E-state index contributed by atoms with van der Waals surface area (Å²) in [5.74, 6) is 0. The molecular weight excluding hydrogens is 317 g/mol. The molecule has 0 bridgehead atoms. The van der Waals surface area contributed by atoms with E-state index >= 15 is 0 Å². The van der Waals surface area contributed by atoms with Gasteiger partial charge in [-0.1, -0.05) is 27.5 Å². The van der Waals surface area contributed by atoms with Crippen LogP contribution in [0.3, 0.4) is 0 Å². The van der Waals surface area contributed by atoms with Crippen molar-refractivity contribution >= 4 is 46.0 Å². The molecule has 0 spiro atoms. The second-order valence-corrected chi connectivity index (χ2v) is 4.58. The van der Waals surface area contributed by atoms with Crippen molar-refractivity contribution < 1.29 is 9.53 Å². The van der Waals surface area contributed by atoms with Gasteiger partial charge in [0.1, 0.15) is 0 Å². The number of nitrogens with one attached hydrogen (secondary N) is 1. The Kier molecular flexibility index (Phi) is 4.89. The van der Waals surface area contributed by atoms with E-state index in [1.807, 2.05) is 12.1 Å². The minimum Gasteiger partial charge on any atom is -0.449 e. The number of hydrogen-bond donors (Lipinski definition) is 1. The molecule has 1 aromatic rings. The molecule has 2 rings (SSSR count). The molecule has 1 aromatic carbocycles. The maximum atomic E-state index is 11.1. The molecule has 1 saturated heterocycles. The van der Waals surface area contributed by atoms with Gasteiger partial charge in [-0.05, 0) is 23.8 Å². The lowest BCUT2D eigenvalue weighted by molar-refractivity contribution is 0.115.